The van der Waals surface area contributed by atoms with Gasteiger partial charge in [-0.25, -0.2) is 9.48 Å². The second-order valence-electron chi connectivity index (χ2n) is 15.4. The Morgan fingerprint density at radius 1 is 0.942 bits per heavy atom. The van der Waals surface area contributed by atoms with E-state index in [0.717, 1.165) is 105 Å². The van der Waals surface area contributed by atoms with Crippen LogP contribution in [0.5, 0.6) is 5.75 Å². The maximum Gasteiger partial charge on any atom is 0.320 e. The van der Waals surface area contributed by atoms with E-state index in [4.69, 9.17) is 14.6 Å². The van der Waals surface area contributed by atoms with Gasteiger partial charge < -0.3 is 14.8 Å². The summed E-state index contributed by atoms with van der Waals surface area (Å²) in [6.07, 6.45) is 5.59. The van der Waals surface area contributed by atoms with Crippen LogP contribution in [0.4, 0.5) is 10.6 Å². The number of hydrogen-bond acceptors (Lipinski definition) is 8. The second-order valence-corrected chi connectivity index (χ2v) is 15.4. The molecule has 52 heavy (non-hydrogen) atoms. The van der Waals surface area contributed by atoms with Crippen molar-refractivity contribution in [3.63, 3.8) is 0 Å². The van der Waals surface area contributed by atoms with Crippen LogP contribution < -0.4 is 15.4 Å². The molecule has 2 aromatic carbocycles. The molecule has 1 aliphatic carbocycles. The molecule has 3 atom stereocenters. The number of fused-ring (bicyclic) bond motifs is 2. The summed E-state index contributed by atoms with van der Waals surface area (Å²) < 4.78 is 16.1. The zero-order valence-corrected chi connectivity index (χ0v) is 30.6. The third kappa shape index (κ3) is 7.15. The van der Waals surface area contributed by atoms with Crippen LogP contribution >= 0.6 is 0 Å². The van der Waals surface area contributed by atoms with Gasteiger partial charge in [0, 0.05) is 31.1 Å². The molecule has 3 aliphatic rings. The lowest BCUT2D eigenvalue weighted by molar-refractivity contribution is 0.0342. The van der Waals surface area contributed by atoms with Crippen molar-refractivity contribution in [3.8, 4) is 11.4 Å². The van der Waals surface area contributed by atoms with Gasteiger partial charge in [0.1, 0.15) is 17.7 Å². The van der Waals surface area contributed by atoms with E-state index in [2.05, 4.69) is 93.2 Å². The van der Waals surface area contributed by atoms with E-state index in [1.807, 2.05) is 47.3 Å². The molecule has 0 saturated carbocycles. The molecule has 2 N–H and O–H groups in total. The number of amides is 2. The highest BCUT2D eigenvalue weighted by Gasteiger charge is 2.31. The molecular weight excluding hydrogens is 654 g/mol. The largest absolute Gasteiger partial charge is 0.484 e. The number of carbonyl (C=O) groups is 1. The third-order valence-corrected chi connectivity index (χ3v) is 10.6. The van der Waals surface area contributed by atoms with Gasteiger partial charge in [0.2, 0.25) is 0 Å². The first-order valence-corrected chi connectivity index (χ1v) is 18.6. The Labute approximate surface area is 305 Å². The molecule has 2 saturated heterocycles. The van der Waals surface area contributed by atoms with E-state index in [1.165, 1.54) is 5.56 Å². The maximum absolute atomic E-state index is 13.8. The fourth-order valence-corrected chi connectivity index (χ4v) is 7.76. The van der Waals surface area contributed by atoms with Crippen LogP contribution in [-0.2, 0) is 16.7 Å². The van der Waals surface area contributed by atoms with Gasteiger partial charge in [0.05, 0.1) is 42.9 Å². The standard InChI is InChI=1S/C40H49N9O3/c1-40(2,3)35-24-37(49(45-35)28-10-7-9-27(23-28)25-47-19-21-51-22-20-47)42-39(50)41-32-15-16-34(31-12-6-5-11-30(31)32)52-29-14-17-36-43-44-38(48(36)26-29)33-13-8-18-46(33)4/h5-7,9-12,14,17,23-24,26,32-34H,8,13,15-16,18-22,25H2,1-4H3,(H2,41,42,50)/t32-,33-,34+/m0/s1. The monoisotopic (exact) mass is 703 g/mol. The Hall–Kier alpha value is -4.78. The van der Waals surface area contributed by atoms with Crippen LogP contribution in [-0.4, -0.2) is 80.1 Å². The SMILES string of the molecule is CN1CCC[C@H]1c1nnc2ccc(O[C@@H]3CC[C@H](NC(=O)Nc4cc(C(C)(C)C)nn4-c4cccc(CN5CCOCC5)c4)c4ccccc43)cn12. The molecule has 5 heterocycles. The van der Waals surface area contributed by atoms with Crippen LogP contribution in [0.3, 0.4) is 0 Å². The number of ether oxygens (including phenoxy) is 2. The van der Waals surface area contributed by atoms with Crippen molar-refractivity contribution >= 4 is 17.5 Å². The molecule has 5 aromatic rings. The Balaban J connectivity index is 0.989. The van der Waals surface area contributed by atoms with E-state index >= 15 is 0 Å². The van der Waals surface area contributed by atoms with Crippen molar-refractivity contribution in [1.29, 1.82) is 0 Å². The lowest BCUT2D eigenvalue weighted by Gasteiger charge is -2.32. The van der Waals surface area contributed by atoms with Crippen LogP contribution in [0.25, 0.3) is 11.3 Å². The molecule has 12 nitrogen and oxygen atoms in total. The van der Waals surface area contributed by atoms with Gasteiger partial charge in [-0.1, -0.05) is 57.2 Å². The van der Waals surface area contributed by atoms with Gasteiger partial charge in [0.25, 0.3) is 0 Å². The van der Waals surface area contributed by atoms with Gasteiger partial charge in [-0.15, -0.1) is 10.2 Å². The molecule has 2 aliphatic heterocycles. The number of rotatable bonds is 8. The molecular formula is C40H49N9O3. The number of aromatic nitrogens is 5. The predicted octanol–water partition coefficient (Wildman–Crippen LogP) is 6.59. The van der Waals surface area contributed by atoms with Gasteiger partial charge in [-0.2, -0.15) is 5.10 Å². The highest BCUT2D eigenvalue weighted by molar-refractivity contribution is 5.89. The first-order chi connectivity index (χ1) is 25.2. The van der Waals surface area contributed by atoms with Crippen molar-refractivity contribution in [1.82, 2.24) is 39.5 Å². The minimum atomic E-state index is -0.271. The van der Waals surface area contributed by atoms with Crippen LogP contribution in [0.1, 0.15) is 92.9 Å². The average Bonchev–Trinajstić information content (AvgIpc) is 3.88. The number of pyridine rings is 1. The first kappa shape index (κ1) is 34.3. The number of anilines is 1. The van der Waals surface area contributed by atoms with Crippen LogP contribution in [0, 0.1) is 0 Å². The van der Waals surface area contributed by atoms with Crippen molar-refractivity contribution in [2.24, 2.45) is 0 Å². The average molecular weight is 704 g/mol. The molecule has 2 fully saturated rings. The number of urea groups is 1. The van der Waals surface area contributed by atoms with Crippen LogP contribution in [0.2, 0.25) is 0 Å². The van der Waals surface area contributed by atoms with E-state index in [-0.39, 0.29) is 29.6 Å². The Kier molecular flexibility index (Phi) is 9.45. The van der Waals surface area contributed by atoms with Gasteiger partial charge >= 0.3 is 6.03 Å². The molecule has 3 aromatic heterocycles. The first-order valence-electron chi connectivity index (χ1n) is 18.6. The minimum Gasteiger partial charge on any atom is -0.484 e. The number of carbonyl (C=O) groups excluding carboxylic acids is 1. The summed E-state index contributed by atoms with van der Waals surface area (Å²) in [5.74, 6) is 2.36. The summed E-state index contributed by atoms with van der Waals surface area (Å²) >= 11 is 0. The van der Waals surface area contributed by atoms with Crippen molar-refractivity contribution in [3.05, 3.63) is 101 Å². The summed E-state index contributed by atoms with van der Waals surface area (Å²) in [7, 11) is 2.15. The Morgan fingerprint density at radius 2 is 1.77 bits per heavy atom. The summed E-state index contributed by atoms with van der Waals surface area (Å²) in [6, 6.07) is 22.4. The summed E-state index contributed by atoms with van der Waals surface area (Å²) in [5.41, 5.74) is 5.76. The molecule has 12 heteroatoms. The quantitative estimate of drug-likeness (QED) is 0.186. The van der Waals surface area contributed by atoms with Crippen molar-refractivity contribution in [2.45, 2.75) is 76.6 Å². The van der Waals surface area contributed by atoms with Gasteiger partial charge in [-0.3, -0.25) is 19.5 Å². The maximum atomic E-state index is 13.8. The second kappa shape index (κ2) is 14.3. The summed E-state index contributed by atoms with van der Waals surface area (Å²) in [6.45, 7) is 11.7. The molecule has 0 spiro atoms. The highest BCUT2D eigenvalue weighted by Crippen LogP contribution is 2.39. The topological polar surface area (TPSA) is 114 Å². The fraction of sp³-hybridized carbons (Fsp3) is 0.450. The third-order valence-electron chi connectivity index (χ3n) is 10.6. The van der Waals surface area contributed by atoms with Gasteiger partial charge in [0.15, 0.2) is 11.5 Å². The molecule has 0 bridgehead atoms. The highest BCUT2D eigenvalue weighted by atomic mass is 16.5. The molecule has 272 valence electrons. The smallest absolute Gasteiger partial charge is 0.320 e. The fourth-order valence-electron chi connectivity index (χ4n) is 7.76. The number of nitrogens with one attached hydrogen (secondary N) is 2. The number of morpholine rings is 1. The van der Waals surface area contributed by atoms with Crippen molar-refractivity contribution < 1.29 is 14.3 Å². The van der Waals surface area contributed by atoms with E-state index in [1.54, 1.807) is 0 Å². The lowest BCUT2D eigenvalue weighted by atomic mass is 9.85. The zero-order chi connectivity index (χ0) is 35.8. The number of hydrogen-bond donors (Lipinski definition) is 2. The van der Waals surface area contributed by atoms with Crippen molar-refractivity contribution in [2.75, 3.05) is 45.2 Å². The van der Waals surface area contributed by atoms with E-state index in [9.17, 15) is 4.79 Å². The number of nitrogens with zero attached hydrogens (tertiary/aromatic N) is 7. The van der Waals surface area contributed by atoms with Crippen LogP contribution in [0.15, 0.2) is 72.9 Å². The molecule has 0 unspecified atom stereocenters. The van der Waals surface area contributed by atoms with E-state index < -0.39 is 0 Å². The van der Waals surface area contributed by atoms with Gasteiger partial charge in [-0.05, 0) is 80.2 Å². The molecule has 8 rings (SSSR count). The Bertz CT molecular complexity index is 2040. The summed E-state index contributed by atoms with van der Waals surface area (Å²) in [5, 5.41) is 20.4. The van der Waals surface area contributed by atoms with E-state index in [0.29, 0.717) is 5.82 Å². The zero-order valence-electron chi connectivity index (χ0n) is 30.6. The normalized spacial score (nSPS) is 21.3. The number of benzene rings is 2. The predicted molar refractivity (Wildman–Crippen MR) is 200 cm³/mol. The number of likely N-dealkylation sites (tertiary alicyclic amines) is 1. The lowest BCUT2D eigenvalue weighted by Crippen LogP contribution is -2.36. The molecule has 2 amide bonds. The molecule has 0 radical (unpaired) electrons. The summed E-state index contributed by atoms with van der Waals surface area (Å²) in [4.78, 5) is 18.5. The minimum absolute atomic E-state index is 0.149. The Morgan fingerprint density at radius 3 is 2.56 bits per heavy atom.